The summed E-state index contributed by atoms with van der Waals surface area (Å²) in [6, 6.07) is 21.5. The smallest absolute Gasteiger partial charge is 0.335 e. The standard InChI is InChI=1S/C25H24N2O2/c1-25(2,3)18-13-14-22-20(15-18)26-23(16-9-11-17(12-10-16)24(28)29)19-7-5-6-8-21(19)27(22)4/h5-15H,1-4H3,(H,28,29). The summed E-state index contributed by atoms with van der Waals surface area (Å²) in [6.07, 6.45) is 0. The van der Waals surface area contributed by atoms with Gasteiger partial charge in [0.05, 0.1) is 28.3 Å². The molecule has 1 aliphatic rings. The van der Waals surface area contributed by atoms with Crippen LogP contribution in [0.1, 0.15) is 47.8 Å². The lowest BCUT2D eigenvalue weighted by Gasteiger charge is -2.24. The molecule has 3 aromatic rings. The van der Waals surface area contributed by atoms with Gasteiger partial charge in [0.1, 0.15) is 0 Å². The number of para-hydroxylation sites is 1. The molecular weight excluding hydrogens is 360 g/mol. The number of carboxylic acid groups (broad SMARTS) is 1. The Kier molecular flexibility index (Phi) is 4.50. The predicted octanol–water partition coefficient (Wildman–Crippen LogP) is 5.93. The molecule has 0 amide bonds. The van der Waals surface area contributed by atoms with Gasteiger partial charge in [0.15, 0.2) is 0 Å². The molecule has 1 N–H and O–H groups in total. The maximum absolute atomic E-state index is 11.2. The van der Waals surface area contributed by atoms with Crippen LogP contribution < -0.4 is 4.90 Å². The van der Waals surface area contributed by atoms with Crippen molar-refractivity contribution in [3.05, 3.63) is 89.0 Å². The van der Waals surface area contributed by atoms with Crippen LogP contribution in [0.4, 0.5) is 17.1 Å². The molecule has 0 radical (unpaired) electrons. The molecule has 0 aliphatic carbocycles. The van der Waals surface area contributed by atoms with Gasteiger partial charge in [0, 0.05) is 18.2 Å². The number of fused-ring (bicyclic) bond motifs is 2. The number of rotatable bonds is 2. The van der Waals surface area contributed by atoms with Crippen molar-refractivity contribution >= 4 is 28.7 Å². The topological polar surface area (TPSA) is 52.9 Å². The van der Waals surface area contributed by atoms with E-state index < -0.39 is 5.97 Å². The molecule has 0 spiro atoms. The highest BCUT2D eigenvalue weighted by atomic mass is 16.4. The molecule has 146 valence electrons. The molecule has 0 aromatic heterocycles. The summed E-state index contributed by atoms with van der Waals surface area (Å²) in [5.74, 6) is -0.931. The van der Waals surface area contributed by atoms with E-state index in [9.17, 15) is 9.90 Å². The molecule has 4 nitrogen and oxygen atoms in total. The molecular formula is C25H24N2O2. The predicted molar refractivity (Wildman–Crippen MR) is 118 cm³/mol. The minimum atomic E-state index is -0.931. The number of hydrogen-bond donors (Lipinski definition) is 1. The van der Waals surface area contributed by atoms with Crippen LogP contribution in [0.2, 0.25) is 0 Å². The largest absolute Gasteiger partial charge is 0.478 e. The van der Waals surface area contributed by atoms with Gasteiger partial charge in [0.25, 0.3) is 0 Å². The first kappa shape index (κ1) is 18.9. The van der Waals surface area contributed by atoms with Gasteiger partial charge in [-0.15, -0.1) is 0 Å². The molecule has 0 bridgehead atoms. The molecule has 0 atom stereocenters. The van der Waals surface area contributed by atoms with E-state index in [0.717, 1.165) is 33.9 Å². The van der Waals surface area contributed by atoms with Crippen LogP contribution in [0, 0.1) is 0 Å². The van der Waals surface area contributed by atoms with Gasteiger partial charge in [-0.2, -0.15) is 0 Å². The second-order valence-corrected chi connectivity index (χ2v) is 8.37. The van der Waals surface area contributed by atoms with Gasteiger partial charge in [-0.05, 0) is 41.3 Å². The van der Waals surface area contributed by atoms with Gasteiger partial charge < -0.3 is 10.0 Å². The number of aliphatic imine (C=N–C) groups is 1. The molecule has 4 rings (SSSR count). The minimum absolute atomic E-state index is 0.0194. The molecule has 0 saturated heterocycles. The van der Waals surface area contributed by atoms with Crippen LogP contribution in [-0.2, 0) is 5.41 Å². The monoisotopic (exact) mass is 384 g/mol. The maximum Gasteiger partial charge on any atom is 0.335 e. The number of hydrogen-bond acceptors (Lipinski definition) is 3. The van der Waals surface area contributed by atoms with Crippen molar-refractivity contribution in [2.45, 2.75) is 26.2 Å². The summed E-state index contributed by atoms with van der Waals surface area (Å²) < 4.78 is 0. The molecule has 1 aliphatic heterocycles. The lowest BCUT2D eigenvalue weighted by molar-refractivity contribution is 0.0697. The quantitative estimate of drug-likeness (QED) is 0.595. The van der Waals surface area contributed by atoms with E-state index in [2.05, 4.69) is 63.1 Å². The van der Waals surface area contributed by atoms with Crippen molar-refractivity contribution in [2.24, 2.45) is 4.99 Å². The summed E-state index contributed by atoms with van der Waals surface area (Å²) in [4.78, 5) is 18.5. The lowest BCUT2D eigenvalue weighted by Crippen LogP contribution is -2.14. The Labute approximate surface area is 171 Å². The number of nitrogens with zero attached hydrogens (tertiary/aromatic N) is 2. The summed E-state index contributed by atoms with van der Waals surface area (Å²) in [6.45, 7) is 6.58. The number of benzene rings is 3. The van der Waals surface area contributed by atoms with Crippen LogP contribution in [0.5, 0.6) is 0 Å². The van der Waals surface area contributed by atoms with Crippen LogP contribution >= 0.6 is 0 Å². The zero-order chi connectivity index (χ0) is 20.8. The zero-order valence-corrected chi connectivity index (χ0v) is 17.1. The van der Waals surface area contributed by atoms with E-state index in [0.29, 0.717) is 0 Å². The second-order valence-electron chi connectivity index (χ2n) is 8.37. The highest BCUT2D eigenvalue weighted by molar-refractivity contribution is 6.18. The molecule has 0 saturated carbocycles. The Bertz CT molecular complexity index is 1120. The van der Waals surface area contributed by atoms with E-state index in [1.807, 2.05) is 24.3 Å². The molecule has 0 fully saturated rings. The first-order valence-electron chi connectivity index (χ1n) is 9.66. The van der Waals surface area contributed by atoms with Gasteiger partial charge in [-0.3, -0.25) is 0 Å². The van der Waals surface area contributed by atoms with Gasteiger partial charge >= 0.3 is 5.97 Å². The minimum Gasteiger partial charge on any atom is -0.478 e. The number of aromatic carboxylic acids is 1. The Morgan fingerprint density at radius 3 is 2.28 bits per heavy atom. The van der Waals surface area contributed by atoms with Crippen molar-refractivity contribution < 1.29 is 9.90 Å². The highest BCUT2D eigenvalue weighted by Gasteiger charge is 2.23. The average Bonchev–Trinajstić information content (AvgIpc) is 2.82. The highest BCUT2D eigenvalue weighted by Crippen LogP contribution is 2.41. The third kappa shape index (κ3) is 3.42. The third-order valence-corrected chi connectivity index (χ3v) is 5.36. The normalized spacial score (nSPS) is 13.2. The number of carboxylic acids is 1. The third-order valence-electron chi connectivity index (χ3n) is 5.36. The second kappa shape index (κ2) is 6.89. The van der Waals surface area contributed by atoms with E-state index in [4.69, 9.17) is 4.99 Å². The van der Waals surface area contributed by atoms with Crippen molar-refractivity contribution in [1.82, 2.24) is 0 Å². The summed E-state index contributed by atoms with van der Waals surface area (Å²) in [5, 5.41) is 9.22. The fourth-order valence-electron chi connectivity index (χ4n) is 3.63. The Morgan fingerprint density at radius 1 is 0.931 bits per heavy atom. The van der Waals surface area contributed by atoms with Gasteiger partial charge in [0.2, 0.25) is 0 Å². The van der Waals surface area contributed by atoms with Gasteiger partial charge in [-0.1, -0.05) is 57.2 Å². The molecule has 0 unspecified atom stereocenters. The average molecular weight is 384 g/mol. The SMILES string of the molecule is CN1c2ccc(C(C)(C)C)cc2N=C(c2ccc(C(=O)O)cc2)c2ccccc21. The first-order chi connectivity index (χ1) is 13.8. The van der Waals surface area contributed by atoms with Crippen molar-refractivity contribution in [3.63, 3.8) is 0 Å². The molecule has 29 heavy (non-hydrogen) atoms. The maximum atomic E-state index is 11.2. The van der Waals surface area contributed by atoms with E-state index in [1.54, 1.807) is 12.1 Å². The first-order valence-corrected chi connectivity index (χ1v) is 9.66. The van der Waals surface area contributed by atoms with E-state index in [-0.39, 0.29) is 11.0 Å². The summed E-state index contributed by atoms with van der Waals surface area (Å²) in [7, 11) is 2.06. The van der Waals surface area contributed by atoms with E-state index in [1.165, 1.54) is 5.56 Å². The Balaban J connectivity index is 1.96. The molecule has 4 heteroatoms. The van der Waals surface area contributed by atoms with Crippen LogP contribution in [0.3, 0.4) is 0 Å². The number of anilines is 2. The van der Waals surface area contributed by atoms with E-state index >= 15 is 0 Å². The van der Waals surface area contributed by atoms with Gasteiger partial charge in [-0.25, -0.2) is 9.79 Å². The van der Waals surface area contributed by atoms with Crippen molar-refractivity contribution in [3.8, 4) is 0 Å². The fourth-order valence-corrected chi connectivity index (χ4v) is 3.63. The lowest BCUT2D eigenvalue weighted by atomic mass is 9.86. The van der Waals surface area contributed by atoms with Crippen molar-refractivity contribution in [2.75, 3.05) is 11.9 Å². The molecule has 1 heterocycles. The summed E-state index contributed by atoms with van der Waals surface area (Å²) >= 11 is 0. The summed E-state index contributed by atoms with van der Waals surface area (Å²) in [5.41, 5.74) is 7.28. The van der Waals surface area contributed by atoms with Crippen LogP contribution in [0.15, 0.2) is 71.7 Å². The van der Waals surface area contributed by atoms with Crippen LogP contribution in [-0.4, -0.2) is 23.8 Å². The van der Waals surface area contributed by atoms with Crippen LogP contribution in [0.25, 0.3) is 0 Å². The molecule has 3 aromatic carbocycles. The Morgan fingerprint density at radius 2 is 1.62 bits per heavy atom. The zero-order valence-electron chi connectivity index (χ0n) is 17.1. The fraction of sp³-hybridized carbons (Fsp3) is 0.200. The Hall–Kier alpha value is -3.40. The van der Waals surface area contributed by atoms with Crippen molar-refractivity contribution in [1.29, 1.82) is 0 Å². The number of carbonyl (C=O) groups is 1.